The van der Waals surface area contributed by atoms with Crippen molar-refractivity contribution in [3.05, 3.63) is 33.8 Å². The largest absolute Gasteiger partial charge is 0.341 e. The van der Waals surface area contributed by atoms with Crippen LogP contribution in [0.4, 0.5) is 0 Å². The average Bonchev–Trinajstić information content (AvgIpc) is 3.20. The first-order valence-corrected chi connectivity index (χ1v) is 8.88. The van der Waals surface area contributed by atoms with Crippen LogP contribution in [0.3, 0.4) is 0 Å². The highest BCUT2D eigenvalue weighted by molar-refractivity contribution is 6.42. The molecular weight excluding hydrogens is 355 g/mol. The number of hydrogen-bond donors (Lipinski definition) is 1. The molecule has 1 amide bonds. The predicted octanol–water partition coefficient (Wildman–Crippen LogP) is 3.87. The Balaban J connectivity index is 0.00000156. The zero-order valence-corrected chi connectivity index (χ0v) is 15.1. The van der Waals surface area contributed by atoms with Crippen molar-refractivity contribution < 1.29 is 4.79 Å². The minimum atomic E-state index is 0. The van der Waals surface area contributed by atoms with Gasteiger partial charge in [0, 0.05) is 31.1 Å². The van der Waals surface area contributed by atoms with E-state index in [-0.39, 0.29) is 24.2 Å². The van der Waals surface area contributed by atoms with Gasteiger partial charge in [0.15, 0.2) is 0 Å². The van der Waals surface area contributed by atoms with E-state index in [0.29, 0.717) is 28.0 Å². The number of nitrogens with zero attached hydrogens (tertiary/aromatic N) is 1. The van der Waals surface area contributed by atoms with Crippen LogP contribution in [0.25, 0.3) is 0 Å². The van der Waals surface area contributed by atoms with Gasteiger partial charge in [0.2, 0.25) is 5.91 Å². The topological polar surface area (TPSA) is 32.3 Å². The Morgan fingerprint density at radius 2 is 1.96 bits per heavy atom. The van der Waals surface area contributed by atoms with E-state index in [2.05, 4.69) is 10.2 Å². The lowest BCUT2D eigenvalue weighted by Crippen LogP contribution is -2.40. The minimum Gasteiger partial charge on any atom is -0.341 e. The molecule has 1 N–H and O–H groups in total. The van der Waals surface area contributed by atoms with E-state index in [9.17, 15) is 4.79 Å². The van der Waals surface area contributed by atoms with Crippen molar-refractivity contribution in [1.82, 2.24) is 10.2 Å². The summed E-state index contributed by atoms with van der Waals surface area (Å²) >= 11 is 12.4. The van der Waals surface area contributed by atoms with E-state index in [1.165, 1.54) is 12.8 Å². The quantitative estimate of drug-likeness (QED) is 0.851. The van der Waals surface area contributed by atoms with Crippen LogP contribution in [0.5, 0.6) is 0 Å². The van der Waals surface area contributed by atoms with E-state index in [4.69, 9.17) is 23.2 Å². The Morgan fingerprint density at radius 3 is 2.78 bits per heavy atom. The van der Waals surface area contributed by atoms with Gasteiger partial charge in [-0.1, -0.05) is 35.3 Å². The van der Waals surface area contributed by atoms with Crippen molar-refractivity contribution in [2.75, 3.05) is 13.1 Å². The maximum absolute atomic E-state index is 12.8. The molecule has 4 atom stereocenters. The Labute approximate surface area is 153 Å². The molecule has 2 bridgehead atoms. The van der Waals surface area contributed by atoms with Gasteiger partial charge in [0.1, 0.15) is 0 Å². The molecule has 0 spiro atoms. The number of fused-ring (bicyclic) bond motifs is 2. The standard InChI is InChI=1S/C17H20Cl2N2O.ClH/c18-15-3-1-2-12(16(15)19)13-8-14(13)17(22)21-7-6-10-4-5-11(9-21)20-10;/h1-3,10-11,13-14,20H,4-9H2;1H. The number of benzene rings is 1. The van der Waals surface area contributed by atoms with Crippen LogP contribution >= 0.6 is 35.6 Å². The zero-order valence-electron chi connectivity index (χ0n) is 12.8. The Morgan fingerprint density at radius 1 is 1.17 bits per heavy atom. The minimum absolute atomic E-state index is 0. The normalized spacial score (nSPS) is 32.2. The van der Waals surface area contributed by atoms with E-state index >= 15 is 0 Å². The zero-order chi connectivity index (χ0) is 15.3. The van der Waals surface area contributed by atoms with Crippen LogP contribution in [0.2, 0.25) is 10.0 Å². The van der Waals surface area contributed by atoms with Gasteiger partial charge in [0.25, 0.3) is 0 Å². The van der Waals surface area contributed by atoms with E-state index in [1.807, 2.05) is 12.1 Å². The third kappa shape index (κ3) is 3.34. The summed E-state index contributed by atoms with van der Waals surface area (Å²) in [6.45, 7) is 1.75. The molecule has 3 aliphatic rings. The van der Waals surface area contributed by atoms with Crippen molar-refractivity contribution in [3.63, 3.8) is 0 Å². The molecule has 0 aromatic heterocycles. The summed E-state index contributed by atoms with van der Waals surface area (Å²) in [6, 6.07) is 6.81. The van der Waals surface area contributed by atoms with Gasteiger partial charge in [-0.15, -0.1) is 12.4 Å². The lowest BCUT2D eigenvalue weighted by Gasteiger charge is -2.24. The molecule has 0 radical (unpaired) electrons. The van der Waals surface area contributed by atoms with Crippen molar-refractivity contribution >= 4 is 41.5 Å². The second-order valence-electron chi connectivity index (χ2n) is 6.80. The number of carbonyl (C=O) groups is 1. The SMILES string of the molecule is Cl.O=C(C1CC1c1cccc(Cl)c1Cl)N1CCC2CCC(C1)N2. The van der Waals surface area contributed by atoms with Gasteiger partial charge in [-0.2, -0.15) is 0 Å². The molecular formula is C17H21Cl3N2O. The van der Waals surface area contributed by atoms with Crippen LogP contribution in [-0.4, -0.2) is 36.0 Å². The summed E-state index contributed by atoms with van der Waals surface area (Å²) in [5.74, 6) is 0.634. The number of nitrogens with one attached hydrogen (secondary N) is 1. The maximum Gasteiger partial charge on any atom is 0.226 e. The Hall–Kier alpha value is -0.480. The monoisotopic (exact) mass is 374 g/mol. The molecule has 126 valence electrons. The summed E-state index contributed by atoms with van der Waals surface area (Å²) < 4.78 is 0. The number of rotatable bonds is 2. The molecule has 2 heterocycles. The van der Waals surface area contributed by atoms with Crippen LogP contribution < -0.4 is 5.32 Å². The number of halogens is 3. The molecule has 3 fully saturated rings. The van der Waals surface area contributed by atoms with Crippen molar-refractivity contribution in [2.24, 2.45) is 5.92 Å². The molecule has 2 saturated heterocycles. The predicted molar refractivity (Wildman–Crippen MR) is 95.7 cm³/mol. The molecule has 1 aromatic carbocycles. The second-order valence-corrected chi connectivity index (χ2v) is 7.59. The number of likely N-dealkylation sites (tertiary alicyclic amines) is 1. The summed E-state index contributed by atoms with van der Waals surface area (Å²) in [6.07, 6.45) is 4.44. The molecule has 1 aliphatic carbocycles. The molecule has 6 heteroatoms. The highest BCUT2D eigenvalue weighted by atomic mass is 35.5. The summed E-state index contributed by atoms with van der Waals surface area (Å²) in [5, 5.41) is 4.81. The third-order valence-electron chi connectivity index (χ3n) is 5.32. The number of carbonyl (C=O) groups excluding carboxylic acids is 1. The highest BCUT2D eigenvalue weighted by Crippen LogP contribution is 2.51. The van der Waals surface area contributed by atoms with Gasteiger partial charge in [-0.05, 0) is 43.2 Å². The van der Waals surface area contributed by atoms with Crippen LogP contribution in [0.1, 0.15) is 37.2 Å². The highest BCUT2D eigenvalue weighted by Gasteiger charge is 2.47. The number of hydrogen-bond acceptors (Lipinski definition) is 2. The maximum atomic E-state index is 12.8. The Kier molecular flexibility index (Phi) is 5.12. The first-order chi connectivity index (χ1) is 10.6. The van der Waals surface area contributed by atoms with Crippen LogP contribution in [0, 0.1) is 5.92 Å². The Bertz CT molecular complexity index is 610. The lowest BCUT2D eigenvalue weighted by molar-refractivity contribution is -0.132. The molecule has 23 heavy (non-hydrogen) atoms. The molecule has 1 saturated carbocycles. The fourth-order valence-corrected chi connectivity index (χ4v) is 4.44. The summed E-state index contributed by atoms with van der Waals surface area (Å²) in [7, 11) is 0. The summed E-state index contributed by atoms with van der Waals surface area (Å²) in [4.78, 5) is 14.9. The van der Waals surface area contributed by atoms with Gasteiger partial charge in [-0.25, -0.2) is 0 Å². The third-order valence-corrected chi connectivity index (χ3v) is 6.16. The molecule has 4 unspecified atom stereocenters. The van der Waals surface area contributed by atoms with Gasteiger partial charge in [0.05, 0.1) is 10.0 Å². The van der Waals surface area contributed by atoms with E-state index in [0.717, 1.165) is 31.5 Å². The van der Waals surface area contributed by atoms with Crippen molar-refractivity contribution in [2.45, 2.75) is 43.7 Å². The van der Waals surface area contributed by atoms with E-state index in [1.54, 1.807) is 6.07 Å². The van der Waals surface area contributed by atoms with Crippen LogP contribution in [0.15, 0.2) is 18.2 Å². The fraction of sp³-hybridized carbons (Fsp3) is 0.588. The van der Waals surface area contributed by atoms with E-state index < -0.39 is 0 Å². The lowest BCUT2D eigenvalue weighted by atomic mass is 10.1. The van der Waals surface area contributed by atoms with Gasteiger partial charge >= 0.3 is 0 Å². The molecule has 4 rings (SSSR count). The average molecular weight is 376 g/mol. The second kappa shape index (κ2) is 6.79. The fourth-order valence-electron chi connectivity index (χ4n) is 4.00. The van der Waals surface area contributed by atoms with Crippen molar-refractivity contribution in [3.8, 4) is 0 Å². The smallest absolute Gasteiger partial charge is 0.226 e. The van der Waals surface area contributed by atoms with Gasteiger partial charge in [-0.3, -0.25) is 4.79 Å². The molecule has 3 nitrogen and oxygen atoms in total. The summed E-state index contributed by atoms with van der Waals surface area (Å²) in [5.41, 5.74) is 1.03. The number of amides is 1. The van der Waals surface area contributed by atoms with Gasteiger partial charge < -0.3 is 10.2 Å². The van der Waals surface area contributed by atoms with Crippen molar-refractivity contribution in [1.29, 1.82) is 0 Å². The first-order valence-electron chi connectivity index (χ1n) is 8.12. The molecule has 1 aromatic rings. The molecule has 2 aliphatic heterocycles. The van der Waals surface area contributed by atoms with Crippen LogP contribution in [-0.2, 0) is 4.79 Å². The first kappa shape index (κ1) is 17.3.